The van der Waals surface area contributed by atoms with Crippen LogP contribution in [-0.4, -0.2) is 44.8 Å². The van der Waals surface area contributed by atoms with Crippen LogP contribution in [0.15, 0.2) is 65.2 Å². The SMILES string of the molecule is Nc1nc(Nc2ccccc2)nc(-c2noc(N3CC4C(COc5ccccc5)C4C3)n2)n1. The molecular formula is C23H22N8O2. The minimum absolute atomic E-state index is 0.0773. The smallest absolute Gasteiger partial charge is 0.324 e. The molecule has 33 heavy (non-hydrogen) atoms. The first-order valence-corrected chi connectivity index (χ1v) is 10.8. The Balaban J connectivity index is 1.10. The van der Waals surface area contributed by atoms with E-state index in [2.05, 4.69) is 35.3 Å². The molecule has 1 aliphatic heterocycles. The Morgan fingerprint density at radius 2 is 1.64 bits per heavy atom. The summed E-state index contributed by atoms with van der Waals surface area (Å²) < 4.78 is 11.4. The van der Waals surface area contributed by atoms with E-state index < -0.39 is 0 Å². The summed E-state index contributed by atoms with van der Waals surface area (Å²) in [7, 11) is 0. The Labute approximate surface area is 189 Å². The molecule has 2 aromatic carbocycles. The quantitative estimate of drug-likeness (QED) is 0.441. The lowest BCUT2D eigenvalue weighted by molar-refractivity contribution is 0.282. The molecule has 10 nitrogen and oxygen atoms in total. The van der Waals surface area contributed by atoms with Crippen LogP contribution in [-0.2, 0) is 0 Å². The number of para-hydroxylation sites is 2. The zero-order valence-electron chi connectivity index (χ0n) is 17.7. The van der Waals surface area contributed by atoms with Gasteiger partial charge in [0.15, 0.2) is 0 Å². The lowest BCUT2D eigenvalue weighted by Crippen LogP contribution is -2.25. The van der Waals surface area contributed by atoms with Crippen LogP contribution >= 0.6 is 0 Å². The molecule has 1 saturated heterocycles. The summed E-state index contributed by atoms with van der Waals surface area (Å²) in [5.74, 6) is 3.58. The highest BCUT2D eigenvalue weighted by Crippen LogP contribution is 2.52. The van der Waals surface area contributed by atoms with Crippen LogP contribution in [0.1, 0.15) is 0 Å². The zero-order valence-corrected chi connectivity index (χ0v) is 17.7. The number of rotatable bonds is 7. The first-order chi connectivity index (χ1) is 16.2. The summed E-state index contributed by atoms with van der Waals surface area (Å²) in [5.41, 5.74) is 6.72. The Kier molecular flexibility index (Phi) is 4.75. The number of nitrogens with one attached hydrogen (secondary N) is 1. The number of nitrogens with two attached hydrogens (primary N) is 1. The molecule has 1 aliphatic carbocycles. The minimum atomic E-state index is 0.0773. The third kappa shape index (κ3) is 4.02. The molecule has 2 unspecified atom stereocenters. The molecule has 4 aromatic rings. The van der Waals surface area contributed by atoms with E-state index in [1.54, 1.807) is 0 Å². The van der Waals surface area contributed by atoms with Gasteiger partial charge in [0.1, 0.15) is 5.75 Å². The number of ether oxygens (including phenoxy) is 1. The summed E-state index contributed by atoms with van der Waals surface area (Å²) in [6.45, 7) is 2.48. The van der Waals surface area contributed by atoms with Gasteiger partial charge in [0, 0.05) is 24.7 Å². The number of anilines is 4. The van der Waals surface area contributed by atoms with Crippen molar-refractivity contribution in [2.24, 2.45) is 17.8 Å². The summed E-state index contributed by atoms with van der Waals surface area (Å²) in [6.07, 6.45) is 0. The Bertz CT molecular complexity index is 1240. The summed E-state index contributed by atoms with van der Waals surface area (Å²) in [4.78, 5) is 19.3. The van der Waals surface area contributed by atoms with E-state index in [-0.39, 0.29) is 17.6 Å². The first kappa shape index (κ1) is 19.5. The van der Waals surface area contributed by atoms with Crippen molar-refractivity contribution in [3.05, 3.63) is 60.7 Å². The van der Waals surface area contributed by atoms with Crippen molar-refractivity contribution in [2.75, 3.05) is 35.6 Å². The number of nitrogen functional groups attached to an aromatic ring is 1. The average molecular weight is 442 g/mol. The van der Waals surface area contributed by atoms with Gasteiger partial charge in [-0.05, 0) is 36.1 Å². The lowest BCUT2D eigenvalue weighted by Gasteiger charge is -2.16. The van der Waals surface area contributed by atoms with Gasteiger partial charge in [0.25, 0.3) is 0 Å². The van der Waals surface area contributed by atoms with Crippen molar-refractivity contribution in [2.45, 2.75) is 0 Å². The second-order valence-electron chi connectivity index (χ2n) is 8.25. The van der Waals surface area contributed by atoms with Crippen LogP contribution in [0.3, 0.4) is 0 Å². The molecular weight excluding hydrogens is 420 g/mol. The molecule has 3 heterocycles. The molecule has 2 aliphatic rings. The molecule has 0 amide bonds. The number of benzene rings is 2. The highest BCUT2D eigenvalue weighted by Gasteiger charge is 2.56. The van der Waals surface area contributed by atoms with Crippen LogP contribution < -0.4 is 20.7 Å². The number of fused-ring (bicyclic) bond motifs is 1. The Morgan fingerprint density at radius 3 is 2.39 bits per heavy atom. The molecule has 2 fully saturated rings. The topological polar surface area (TPSA) is 128 Å². The normalized spacial score (nSPS) is 21.0. The van der Waals surface area contributed by atoms with Crippen LogP contribution in [0, 0.1) is 17.8 Å². The number of hydrogen-bond acceptors (Lipinski definition) is 10. The molecule has 0 bridgehead atoms. The molecule has 2 aromatic heterocycles. The Morgan fingerprint density at radius 1 is 0.909 bits per heavy atom. The zero-order chi connectivity index (χ0) is 22.2. The second kappa shape index (κ2) is 8.05. The molecule has 166 valence electrons. The maximum Gasteiger partial charge on any atom is 0.324 e. The van der Waals surface area contributed by atoms with Gasteiger partial charge < -0.3 is 25.2 Å². The Hall–Kier alpha value is -4.21. The maximum atomic E-state index is 5.92. The fourth-order valence-corrected chi connectivity index (χ4v) is 4.40. The lowest BCUT2D eigenvalue weighted by atomic mass is 10.3. The number of piperidine rings is 1. The van der Waals surface area contributed by atoms with Crippen molar-refractivity contribution in [3.63, 3.8) is 0 Å². The third-order valence-electron chi connectivity index (χ3n) is 6.13. The highest BCUT2D eigenvalue weighted by atomic mass is 16.5. The van der Waals surface area contributed by atoms with Gasteiger partial charge in [0.05, 0.1) is 6.61 Å². The number of hydrogen-bond donors (Lipinski definition) is 2. The van der Waals surface area contributed by atoms with Crippen molar-refractivity contribution >= 4 is 23.6 Å². The largest absolute Gasteiger partial charge is 0.493 e. The third-order valence-corrected chi connectivity index (χ3v) is 6.13. The first-order valence-electron chi connectivity index (χ1n) is 10.8. The summed E-state index contributed by atoms with van der Waals surface area (Å²) >= 11 is 0. The number of aromatic nitrogens is 5. The van der Waals surface area contributed by atoms with Crippen LogP contribution in [0.2, 0.25) is 0 Å². The maximum absolute atomic E-state index is 5.92. The van der Waals surface area contributed by atoms with Gasteiger partial charge in [-0.15, -0.1) is 0 Å². The van der Waals surface area contributed by atoms with E-state index >= 15 is 0 Å². The van der Waals surface area contributed by atoms with Gasteiger partial charge >= 0.3 is 6.01 Å². The molecule has 0 spiro atoms. The molecule has 1 saturated carbocycles. The molecule has 6 rings (SSSR count). The van der Waals surface area contributed by atoms with E-state index in [0.29, 0.717) is 29.7 Å². The highest BCUT2D eigenvalue weighted by molar-refractivity contribution is 5.57. The minimum Gasteiger partial charge on any atom is -0.493 e. The van der Waals surface area contributed by atoms with Crippen molar-refractivity contribution < 1.29 is 9.26 Å². The number of nitrogens with zero attached hydrogens (tertiary/aromatic N) is 6. The molecule has 0 radical (unpaired) electrons. The predicted molar refractivity (Wildman–Crippen MR) is 122 cm³/mol. The van der Waals surface area contributed by atoms with E-state index in [1.165, 1.54) is 0 Å². The van der Waals surface area contributed by atoms with Gasteiger partial charge in [0.2, 0.25) is 23.5 Å². The van der Waals surface area contributed by atoms with Crippen molar-refractivity contribution in [1.82, 2.24) is 25.1 Å². The van der Waals surface area contributed by atoms with Gasteiger partial charge in [-0.3, -0.25) is 0 Å². The van der Waals surface area contributed by atoms with E-state index in [9.17, 15) is 0 Å². The molecule has 3 N–H and O–H groups in total. The summed E-state index contributed by atoms with van der Waals surface area (Å²) in [5, 5.41) is 7.17. The van der Waals surface area contributed by atoms with Gasteiger partial charge in [-0.25, -0.2) is 0 Å². The molecule has 10 heteroatoms. The standard InChI is InChI=1S/C23H22N8O2/c24-21-26-19(27-22(29-21)25-14-7-3-1-4-8-14)20-28-23(33-30-20)31-11-16-17(12-31)18(16)13-32-15-9-5-2-6-10-15/h1-10,16-18H,11-13H2,(H3,24,25,26,27,29). The van der Waals surface area contributed by atoms with Crippen LogP contribution in [0.25, 0.3) is 11.6 Å². The van der Waals surface area contributed by atoms with Gasteiger partial charge in [-0.2, -0.15) is 19.9 Å². The summed E-state index contributed by atoms with van der Waals surface area (Å²) in [6, 6.07) is 20.0. The second-order valence-corrected chi connectivity index (χ2v) is 8.25. The molecule has 2 atom stereocenters. The fraction of sp³-hybridized carbons (Fsp3) is 0.261. The van der Waals surface area contributed by atoms with E-state index in [1.807, 2.05) is 60.7 Å². The predicted octanol–water partition coefficient (Wildman–Crippen LogP) is 3.01. The van der Waals surface area contributed by atoms with E-state index in [0.717, 1.165) is 31.1 Å². The van der Waals surface area contributed by atoms with Crippen molar-refractivity contribution in [1.29, 1.82) is 0 Å². The monoisotopic (exact) mass is 442 g/mol. The van der Waals surface area contributed by atoms with Crippen molar-refractivity contribution in [3.8, 4) is 17.4 Å². The van der Waals surface area contributed by atoms with Crippen LogP contribution in [0.4, 0.5) is 23.6 Å². The van der Waals surface area contributed by atoms with Crippen LogP contribution in [0.5, 0.6) is 5.75 Å². The van der Waals surface area contributed by atoms with Gasteiger partial charge in [-0.1, -0.05) is 41.6 Å². The fourth-order valence-electron chi connectivity index (χ4n) is 4.40. The average Bonchev–Trinajstić information content (AvgIpc) is 3.20. The van der Waals surface area contributed by atoms with E-state index in [4.69, 9.17) is 15.0 Å².